The van der Waals surface area contributed by atoms with Crippen LogP contribution in [0.1, 0.15) is 41.5 Å². The molecule has 0 amide bonds. The molecule has 0 aromatic heterocycles. The predicted octanol–water partition coefficient (Wildman–Crippen LogP) is 1.57. The Morgan fingerprint density at radius 2 is 1.24 bits per heavy atom. The van der Waals surface area contributed by atoms with E-state index in [2.05, 4.69) is 0 Å². The number of ether oxygens (including phenoxy) is 5. The Balaban J connectivity index is 2.66. The smallest absolute Gasteiger partial charge is 0.331 e. The van der Waals surface area contributed by atoms with Crippen molar-refractivity contribution in [2.45, 2.75) is 58.8 Å². The summed E-state index contributed by atoms with van der Waals surface area (Å²) >= 11 is 0. The number of hydrogen-bond acceptors (Lipinski definition) is 10. The van der Waals surface area contributed by atoms with Crippen LogP contribution in [0.15, 0.2) is 24.3 Å². The van der Waals surface area contributed by atoms with Crippen molar-refractivity contribution in [1.29, 1.82) is 0 Å². The van der Waals surface area contributed by atoms with E-state index < -0.39 is 41.2 Å². The Kier molecular flexibility index (Phi) is 11.2. The molecule has 0 N–H and O–H groups in total. The minimum Gasteiger partial charge on any atom is -0.459 e. The first-order valence-corrected chi connectivity index (χ1v) is 10.7. The molecule has 0 aliphatic carbocycles. The van der Waals surface area contributed by atoms with Gasteiger partial charge >= 0.3 is 23.9 Å². The van der Waals surface area contributed by atoms with Crippen molar-refractivity contribution in [2.24, 2.45) is 0 Å². The maximum absolute atomic E-state index is 12.2. The van der Waals surface area contributed by atoms with Crippen LogP contribution >= 0.6 is 0 Å². The standard InChI is InChI=1S/C23H35NO9/c1-22(2,3)32-20(27)9-7-18(25)30-16-17(15-24-11-13-29-14-12-24)31-19(26)8-10-21(28)33-23(4,5)6/h7-10,17H,11-16H2,1-6H3/b9-7+,10-8+. The third kappa shape index (κ3) is 14.9. The van der Waals surface area contributed by atoms with Crippen molar-refractivity contribution in [3.63, 3.8) is 0 Å². The zero-order valence-electron chi connectivity index (χ0n) is 20.3. The van der Waals surface area contributed by atoms with Gasteiger partial charge in [-0.05, 0) is 41.5 Å². The highest BCUT2D eigenvalue weighted by molar-refractivity contribution is 5.92. The van der Waals surface area contributed by atoms with Gasteiger partial charge in [-0.15, -0.1) is 0 Å². The zero-order valence-corrected chi connectivity index (χ0v) is 20.3. The molecule has 0 radical (unpaired) electrons. The molecule has 1 aliphatic heterocycles. The summed E-state index contributed by atoms with van der Waals surface area (Å²) in [7, 11) is 0. The largest absolute Gasteiger partial charge is 0.459 e. The van der Waals surface area contributed by atoms with Crippen molar-refractivity contribution in [3.05, 3.63) is 24.3 Å². The minimum atomic E-state index is -0.794. The Hall–Kier alpha value is -2.72. The van der Waals surface area contributed by atoms with E-state index in [0.717, 1.165) is 24.3 Å². The molecule has 1 heterocycles. The van der Waals surface area contributed by atoms with Crippen LogP contribution in [0.2, 0.25) is 0 Å². The van der Waals surface area contributed by atoms with E-state index in [1.165, 1.54) is 0 Å². The summed E-state index contributed by atoms with van der Waals surface area (Å²) in [5, 5.41) is 0. The lowest BCUT2D eigenvalue weighted by atomic mass is 10.2. The lowest BCUT2D eigenvalue weighted by molar-refractivity contribution is -0.155. The van der Waals surface area contributed by atoms with E-state index in [1.807, 2.05) is 4.90 Å². The Labute approximate surface area is 194 Å². The maximum Gasteiger partial charge on any atom is 0.331 e. The molecule has 1 rings (SSSR count). The lowest BCUT2D eigenvalue weighted by Crippen LogP contribution is -2.43. The van der Waals surface area contributed by atoms with Crippen LogP contribution in [0, 0.1) is 0 Å². The Morgan fingerprint density at radius 1 is 0.788 bits per heavy atom. The molecule has 1 saturated heterocycles. The molecule has 0 bridgehead atoms. The highest BCUT2D eigenvalue weighted by Gasteiger charge is 2.22. The molecule has 0 spiro atoms. The summed E-state index contributed by atoms with van der Waals surface area (Å²) in [6.07, 6.45) is 3.07. The summed E-state index contributed by atoms with van der Waals surface area (Å²) in [6, 6.07) is 0. The summed E-state index contributed by atoms with van der Waals surface area (Å²) in [5.74, 6) is -2.92. The van der Waals surface area contributed by atoms with Crippen molar-refractivity contribution in [1.82, 2.24) is 4.90 Å². The molecule has 1 atom stereocenters. The highest BCUT2D eigenvalue weighted by atomic mass is 16.6. The number of carbonyl (C=O) groups is 4. The topological polar surface area (TPSA) is 118 Å². The first-order chi connectivity index (χ1) is 15.2. The molecule has 10 heteroatoms. The van der Waals surface area contributed by atoms with Gasteiger partial charge in [0.25, 0.3) is 0 Å². The number of morpholine rings is 1. The molecule has 0 aromatic carbocycles. The van der Waals surface area contributed by atoms with Crippen molar-refractivity contribution in [2.75, 3.05) is 39.5 Å². The summed E-state index contributed by atoms with van der Waals surface area (Å²) in [5.41, 5.74) is -1.37. The quantitative estimate of drug-likeness (QED) is 0.280. The average Bonchev–Trinajstić information content (AvgIpc) is 2.67. The highest BCUT2D eigenvalue weighted by Crippen LogP contribution is 2.09. The molecule has 33 heavy (non-hydrogen) atoms. The predicted molar refractivity (Wildman–Crippen MR) is 118 cm³/mol. The van der Waals surface area contributed by atoms with Crippen LogP contribution < -0.4 is 0 Å². The van der Waals surface area contributed by atoms with E-state index in [4.69, 9.17) is 23.7 Å². The SMILES string of the molecule is CC(C)(C)OC(=O)/C=C/C(=O)OCC(CN1CCOCC1)OC(=O)/C=C/C(=O)OC(C)(C)C. The molecule has 1 unspecified atom stereocenters. The summed E-state index contributed by atoms with van der Waals surface area (Å²) in [4.78, 5) is 49.6. The number of hydrogen-bond donors (Lipinski definition) is 0. The number of esters is 4. The minimum absolute atomic E-state index is 0.235. The van der Waals surface area contributed by atoms with Gasteiger partial charge in [-0.2, -0.15) is 0 Å². The molecule has 1 fully saturated rings. The number of carbonyl (C=O) groups excluding carboxylic acids is 4. The maximum atomic E-state index is 12.2. The van der Waals surface area contributed by atoms with Gasteiger partial charge in [0, 0.05) is 43.9 Å². The Morgan fingerprint density at radius 3 is 1.73 bits per heavy atom. The van der Waals surface area contributed by atoms with Gasteiger partial charge in [-0.25, -0.2) is 19.2 Å². The molecule has 186 valence electrons. The average molecular weight is 470 g/mol. The first kappa shape index (κ1) is 28.3. The van der Waals surface area contributed by atoms with Gasteiger partial charge in [0.2, 0.25) is 0 Å². The normalized spacial score (nSPS) is 16.4. The van der Waals surface area contributed by atoms with E-state index in [-0.39, 0.29) is 6.61 Å². The van der Waals surface area contributed by atoms with Crippen molar-refractivity contribution < 1.29 is 42.9 Å². The van der Waals surface area contributed by atoms with Gasteiger partial charge in [0.05, 0.1) is 13.2 Å². The second-order valence-corrected chi connectivity index (χ2v) is 9.34. The van der Waals surface area contributed by atoms with E-state index in [1.54, 1.807) is 41.5 Å². The third-order valence-corrected chi connectivity index (χ3v) is 3.78. The first-order valence-electron chi connectivity index (χ1n) is 10.7. The number of rotatable bonds is 9. The van der Waals surface area contributed by atoms with Crippen LogP contribution in [0.3, 0.4) is 0 Å². The van der Waals surface area contributed by atoms with Gasteiger partial charge < -0.3 is 23.7 Å². The van der Waals surface area contributed by atoms with Crippen LogP contribution in [0.4, 0.5) is 0 Å². The lowest BCUT2D eigenvalue weighted by Gasteiger charge is -2.29. The molecular formula is C23H35NO9. The fourth-order valence-corrected chi connectivity index (χ4v) is 2.57. The molecule has 1 aliphatic rings. The fraction of sp³-hybridized carbons (Fsp3) is 0.652. The molecule has 10 nitrogen and oxygen atoms in total. The van der Waals surface area contributed by atoms with E-state index in [0.29, 0.717) is 32.8 Å². The molecular weight excluding hydrogens is 434 g/mol. The van der Waals surface area contributed by atoms with Gasteiger partial charge in [-0.3, -0.25) is 4.90 Å². The monoisotopic (exact) mass is 469 g/mol. The summed E-state index contributed by atoms with van der Waals surface area (Å²) < 4.78 is 26.0. The van der Waals surface area contributed by atoms with Crippen molar-refractivity contribution >= 4 is 23.9 Å². The molecule has 0 aromatic rings. The molecule has 0 saturated carbocycles. The second-order valence-electron chi connectivity index (χ2n) is 9.34. The fourth-order valence-electron chi connectivity index (χ4n) is 2.57. The van der Waals surface area contributed by atoms with Crippen LogP contribution in [0.25, 0.3) is 0 Å². The van der Waals surface area contributed by atoms with Crippen LogP contribution in [-0.4, -0.2) is 85.5 Å². The van der Waals surface area contributed by atoms with Gasteiger partial charge in [0.15, 0.2) is 0 Å². The third-order valence-electron chi connectivity index (χ3n) is 3.78. The van der Waals surface area contributed by atoms with Gasteiger partial charge in [0.1, 0.15) is 23.9 Å². The van der Waals surface area contributed by atoms with Gasteiger partial charge in [-0.1, -0.05) is 0 Å². The number of nitrogens with zero attached hydrogens (tertiary/aromatic N) is 1. The Bertz CT molecular complexity index is 738. The summed E-state index contributed by atoms with van der Waals surface area (Å²) in [6.45, 7) is 12.7. The van der Waals surface area contributed by atoms with Crippen molar-refractivity contribution in [3.8, 4) is 0 Å². The second kappa shape index (κ2) is 13.1. The zero-order chi connectivity index (χ0) is 25.1. The van der Waals surface area contributed by atoms with E-state index >= 15 is 0 Å². The van der Waals surface area contributed by atoms with E-state index in [9.17, 15) is 19.2 Å². The van der Waals surface area contributed by atoms with Crippen LogP contribution in [-0.2, 0) is 42.9 Å². The van der Waals surface area contributed by atoms with Crippen LogP contribution in [0.5, 0.6) is 0 Å².